The number of rotatable bonds is 5. The summed E-state index contributed by atoms with van der Waals surface area (Å²) in [7, 11) is 1.66. The molecule has 0 spiro atoms. The minimum Gasteiger partial charge on any atom is -0.434 e. The van der Waals surface area contributed by atoms with Crippen LogP contribution in [0.4, 0.5) is 8.78 Å². The van der Waals surface area contributed by atoms with E-state index in [1.165, 1.54) is 22.9 Å². The maximum atomic E-state index is 12.4. The molecule has 0 N–H and O–H groups in total. The van der Waals surface area contributed by atoms with Crippen LogP contribution in [-0.2, 0) is 13.5 Å². The van der Waals surface area contributed by atoms with Gasteiger partial charge in [-0.3, -0.25) is 9.48 Å². The highest BCUT2D eigenvalue weighted by Gasteiger charge is 2.19. The fraction of sp³-hybridized carbons (Fsp3) is 0.286. The van der Waals surface area contributed by atoms with Crippen molar-refractivity contribution in [1.82, 2.24) is 9.78 Å². The molecule has 2 aromatic rings. The van der Waals surface area contributed by atoms with E-state index in [0.717, 1.165) is 0 Å². The summed E-state index contributed by atoms with van der Waals surface area (Å²) in [6.07, 6.45) is -0.0257. The SMILES string of the molecule is Cc1nn(C)c(Cl)c1CC(=O)c1ccccc1OC(F)F. The van der Waals surface area contributed by atoms with E-state index in [9.17, 15) is 13.6 Å². The minimum absolute atomic E-state index is 0.0257. The highest BCUT2D eigenvalue weighted by atomic mass is 35.5. The Morgan fingerprint density at radius 2 is 2.10 bits per heavy atom. The number of carbonyl (C=O) groups is 1. The first-order valence-corrected chi connectivity index (χ1v) is 6.53. The predicted molar refractivity (Wildman–Crippen MR) is 74.1 cm³/mol. The summed E-state index contributed by atoms with van der Waals surface area (Å²) in [6.45, 7) is -1.25. The topological polar surface area (TPSA) is 44.1 Å². The van der Waals surface area contributed by atoms with Gasteiger partial charge in [0.15, 0.2) is 5.78 Å². The van der Waals surface area contributed by atoms with Crippen LogP contribution in [-0.4, -0.2) is 22.2 Å². The summed E-state index contributed by atoms with van der Waals surface area (Å²) in [4.78, 5) is 12.3. The number of benzene rings is 1. The number of carbonyl (C=O) groups excluding carboxylic acids is 1. The summed E-state index contributed by atoms with van der Waals surface area (Å²) in [6, 6.07) is 5.89. The molecule has 1 aromatic heterocycles. The number of alkyl halides is 2. The Morgan fingerprint density at radius 3 is 2.67 bits per heavy atom. The summed E-state index contributed by atoms with van der Waals surface area (Å²) >= 11 is 6.07. The Hall–Kier alpha value is -1.95. The molecule has 0 unspecified atom stereocenters. The number of ketones is 1. The molecule has 0 saturated carbocycles. The van der Waals surface area contributed by atoms with Gasteiger partial charge in [0.05, 0.1) is 11.3 Å². The number of halogens is 3. The first kappa shape index (κ1) is 15.4. The van der Waals surface area contributed by atoms with Crippen LogP contribution < -0.4 is 4.74 Å². The third-order valence-electron chi connectivity index (χ3n) is 3.01. The zero-order valence-corrected chi connectivity index (χ0v) is 12.2. The minimum atomic E-state index is -2.98. The van der Waals surface area contributed by atoms with E-state index >= 15 is 0 Å². The van der Waals surface area contributed by atoms with Gasteiger partial charge >= 0.3 is 6.61 Å². The second-order valence-corrected chi connectivity index (χ2v) is 4.81. The molecule has 0 aliphatic rings. The van der Waals surface area contributed by atoms with Gasteiger partial charge in [0.2, 0.25) is 0 Å². The monoisotopic (exact) mass is 314 g/mol. The normalized spacial score (nSPS) is 11.0. The number of ether oxygens (including phenoxy) is 1. The highest BCUT2D eigenvalue weighted by Crippen LogP contribution is 2.25. The van der Waals surface area contributed by atoms with Crippen LogP contribution in [0.25, 0.3) is 0 Å². The summed E-state index contributed by atoms with van der Waals surface area (Å²) in [5.74, 6) is -0.501. The molecule has 0 aliphatic carbocycles. The van der Waals surface area contributed by atoms with Crippen LogP contribution in [0.2, 0.25) is 5.15 Å². The molecule has 1 aromatic carbocycles. The third kappa shape index (κ3) is 3.39. The van der Waals surface area contributed by atoms with E-state index in [2.05, 4.69) is 9.84 Å². The highest BCUT2D eigenvalue weighted by molar-refractivity contribution is 6.30. The molecule has 0 bridgehead atoms. The third-order valence-corrected chi connectivity index (χ3v) is 3.48. The molecule has 4 nitrogen and oxygen atoms in total. The second kappa shape index (κ2) is 6.22. The van der Waals surface area contributed by atoms with Crippen molar-refractivity contribution in [2.24, 2.45) is 7.05 Å². The lowest BCUT2D eigenvalue weighted by Crippen LogP contribution is -2.10. The molecule has 0 radical (unpaired) electrons. The zero-order valence-electron chi connectivity index (χ0n) is 11.4. The van der Waals surface area contributed by atoms with E-state index in [-0.39, 0.29) is 23.5 Å². The molecule has 1 heterocycles. The van der Waals surface area contributed by atoms with E-state index in [1.54, 1.807) is 20.0 Å². The number of Topliss-reactive ketones (excluding diaryl/α,β-unsaturated/α-hetero) is 1. The van der Waals surface area contributed by atoms with Gasteiger partial charge in [-0.2, -0.15) is 13.9 Å². The molecule has 0 fully saturated rings. The zero-order chi connectivity index (χ0) is 15.6. The quantitative estimate of drug-likeness (QED) is 0.794. The Balaban J connectivity index is 2.29. The number of aromatic nitrogens is 2. The first-order chi connectivity index (χ1) is 9.90. The van der Waals surface area contributed by atoms with Crippen molar-refractivity contribution in [3.63, 3.8) is 0 Å². The average molecular weight is 315 g/mol. The van der Waals surface area contributed by atoms with Crippen LogP contribution in [0.5, 0.6) is 5.75 Å². The first-order valence-electron chi connectivity index (χ1n) is 6.15. The number of hydrogen-bond donors (Lipinski definition) is 0. The largest absolute Gasteiger partial charge is 0.434 e. The number of para-hydroxylation sites is 1. The van der Waals surface area contributed by atoms with Crippen LogP contribution >= 0.6 is 11.6 Å². The van der Waals surface area contributed by atoms with Crippen molar-refractivity contribution in [2.45, 2.75) is 20.0 Å². The lowest BCUT2D eigenvalue weighted by molar-refractivity contribution is -0.0501. The van der Waals surface area contributed by atoms with Crippen molar-refractivity contribution in [3.8, 4) is 5.75 Å². The van der Waals surface area contributed by atoms with E-state index in [0.29, 0.717) is 16.4 Å². The fourth-order valence-electron chi connectivity index (χ4n) is 2.03. The summed E-state index contributed by atoms with van der Waals surface area (Å²) in [5.41, 5.74) is 1.30. The van der Waals surface area contributed by atoms with Gasteiger partial charge in [0.1, 0.15) is 10.9 Å². The Kier molecular flexibility index (Phi) is 4.57. The molecular weight excluding hydrogens is 302 g/mol. The molecule has 112 valence electrons. The number of nitrogens with zero attached hydrogens (tertiary/aromatic N) is 2. The van der Waals surface area contributed by atoms with Crippen LogP contribution in [0.15, 0.2) is 24.3 Å². The maximum Gasteiger partial charge on any atom is 0.387 e. The van der Waals surface area contributed by atoms with E-state index < -0.39 is 6.61 Å². The average Bonchev–Trinajstić information content (AvgIpc) is 2.65. The second-order valence-electron chi connectivity index (χ2n) is 4.45. The van der Waals surface area contributed by atoms with Crippen LogP contribution in [0, 0.1) is 6.92 Å². The maximum absolute atomic E-state index is 12.4. The van der Waals surface area contributed by atoms with Gasteiger partial charge in [-0.1, -0.05) is 23.7 Å². The number of hydrogen-bond acceptors (Lipinski definition) is 3. The van der Waals surface area contributed by atoms with Crippen molar-refractivity contribution in [2.75, 3.05) is 0 Å². The van der Waals surface area contributed by atoms with Crippen molar-refractivity contribution >= 4 is 17.4 Å². The van der Waals surface area contributed by atoms with Crippen molar-refractivity contribution in [3.05, 3.63) is 46.2 Å². The summed E-state index contributed by atoms with van der Waals surface area (Å²) < 4.78 is 30.5. The lowest BCUT2D eigenvalue weighted by atomic mass is 10.0. The van der Waals surface area contributed by atoms with E-state index in [1.807, 2.05) is 0 Å². The van der Waals surface area contributed by atoms with Crippen molar-refractivity contribution in [1.29, 1.82) is 0 Å². The van der Waals surface area contributed by atoms with Crippen LogP contribution in [0.1, 0.15) is 21.6 Å². The summed E-state index contributed by atoms with van der Waals surface area (Å²) in [5, 5.41) is 4.46. The predicted octanol–water partition coefficient (Wildman–Crippen LogP) is 3.41. The Morgan fingerprint density at radius 1 is 1.43 bits per heavy atom. The molecule has 0 amide bonds. The fourth-order valence-corrected chi connectivity index (χ4v) is 2.27. The van der Waals surface area contributed by atoms with Gasteiger partial charge in [0.25, 0.3) is 0 Å². The van der Waals surface area contributed by atoms with Gasteiger partial charge in [-0.15, -0.1) is 0 Å². The standard InChI is InChI=1S/C14H13ClF2N2O2/c1-8-10(13(15)19(2)18-8)7-11(20)9-5-3-4-6-12(9)21-14(16)17/h3-6,14H,7H2,1-2H3. The molecule has 0 aliphatic heterocycles. The Bertz CT molecular complexity index is 671. The molecule has 7 heteroatoms. The Labute approximate surface area is 125 Å². The molecule has 2 rings (SSSR count). The van der Waals surface area contributed by atoms with Gasteiger partial charge in [0, 0.05) is 19.0 Å². The van der Waals surface area contributed by atoms with E-state index in [4.69, 9.17) is 11.6 Å². The van der Waals surface area contributed by atoms with Crippen molar-refractivity contribution < 1.29 is 18.3 Å². The van der Waals surface area contributed by atoms with Gasteiger partial charge in [-0.05, 0) is 19.1 Å². The van der Waals surface area contributed by atoms with Gasteiger partial charge in [-0.25, -0.2) is 0 Å². The molecule has 0 atom stereocenters. The van der Waals surface area contributed by atoms with Crippen LogP contribution in [0.3, 0.4) is 0 Å². The molecule has 0 saturated heterocycles. The number of aryl methyl sites for hydroxylation is 2. The van der Waals surface area contributed by atoms with Gasteiger partial charge < -0.3 is 4.74 Å². The smallest absolute Gasteiger partial charge is 0.387 e. The molecular formula is C14H13ClF2N2O2. The molecule has 21 heavy (non-hydrogen) atoms. The lowest BCUT2D eigenvalue weighted by Gasteiger charge is -2.09.